The molecule has 4 nitrogen and oxygen atoms in total. The van der Waals surface area contributed by atoms with Crippen molar-refractivity contribution in [3.63, 3.8) is 0 Å². The maximum absolute atomic E-state index is 12.8. The minimum atomic E-state index is -0.435. The molecule has 1 saturated carbocycles. The van der Waals surface area contributed by atoms with E-state index in [0.717, 1.165) is 19.0 Å². The van der Waals surface area contributed by atoms with Crippen LogP contribution in [-0.4, -0.2) is 29.1 Å². The first-order chi connectivity index (χ1) is 8.63. The van der Waals surface area contributed by atoms with Gasteiger partial charge in [0.2, 0.25) is 5.91 Å². The third-order valence-corrected chi connectivity index (χ3v) is 3.08. The van der Waals surface area contributed by atoms with Gasteiger partial charge in [0.1, 0.15) is 5.82 Å². The Balaban J connectivity index is 1.83. The predicted molar refractivity (Wildman–Crippen MR) is 65.0 cm³/mol. The number of nitrogens with zero attached hydrogens (tertiary/aromatic N) is 1. The molecule has 18 heavy (non-hydrogen) atoms. The molecule has 0 aliphatic heterocycles. The van der Waals surface area contributed by atoms with Crippen molar-refractivity contribution in [2.75, 3.05) is 13.2 Å². The number of aliphatic hydroxyl groups excluding tert-OH is 1. The number of aromatic nitrogens is 1. The monoisotopic (exact) mass is 250 g/mol. The van der Waals surface area contributed by atoms with E-state index in [-0.39, 0.29) is 17.9 Å². The third-order valence-electron chi connectivity index (χ3n) is 3.08. The molecule has 0 spiro atoms. The standard InChI is InChI=1S/C13H15FN2O2/c14-11-5-10(6-15-7-11)1-2-12(18)16-8-13(9-17)3-4-13/h1-2,5-7,17H,3-4,8-9H2,(H,16,18)/b2-1+. The molecule has 0 saturated heterocycles. The van der Waals surface area contributed by atoms with Gasteiger partial charge in [-0.1, -0.05) is 0 Å². The molecule has 1 heterocycles. The number of halogens is 1. The Morgan fingerprint density at radius 1 is 1.56 bits per heavy atom. The van der Waals surface area contributed by atoms with Gasteiger partial charge in [-0.2, -0.15) is 0 Å². The number of hydrogen-bond donors (Lipinski definition) is 2. The lowest BCUT2D eigenvalue weighted by Gasteiger charge is -2.10. The summed E-state index contributed by atoms with van der Waals surface area (Å²) in [7, 11) is 0. The number of carbonyl (C=O) groups excluding carboxylic acids is 1. The highest BCUT2D eigenvalue weighted by Crippen LogP contribution is 2.44. The molecular formula is C13H15FN2O2. The van der Waals surface area contributed by atoms with Gasteiger partial charge in [0.15, 0.2) is 0 Å². The van der Waals surface area contributed by atoms with Crippen molar-refractivity contribution in [3.8, 4) is 0 Å². The van der Waals surface area contributed by atoms with Crippen LogP contribution in [0.15, 0.2) is 24.5 Å². The van der Waals surface area contributed by atoms with Gasteiger partial charge in [0.05, 0.1) is 12.8 Å². The molecule has 1 aliphatic rings. The van der Waals surface area contributed by atoms with Crippen LogP contribution >= 0.6 is 0 Å². The molecule has 0 bridgehead atoms. The quantitative estimate of drug-likeness (QED) is 0.770. The second-order valence-corrected chi connectivity index (χ2v) is 4.65. The van der Waals surface area contributed by atoms with Crippen LogP contribution in [0.3, 0.4) is 0 Å². The number of carbonyl (C=O) groups is 1. The maximum atomic E-state index is 12.8. The lowest BCUT2D eigenvalue weighted by atomic mass is 10.1. The third kappa shape index (κ3) is 3.37. The van der Waals surface area contributed by atoms with Gasteiger partial charge in [-0.25, -0.2) is 4.39 Å². The van der Waals surface area contributed by atoms with Crippen molar-refractivity contribution < 1.29 is 14.3 Å². The first kappa shape index (κ1) is 12.7. The van der Waals surface area contributed by atoms with Crippen molar-refractivity contribution in [1.29, 1.82) is 0 Å². The average Bonchev–Trinajstić information content (AvgIpc) is 3.15. The molecule has 0 aromatic carbocycles. The topological polar surface area (TPSA) is 62.2 Å². The number of pyridine rings is 1. The molecule has 1 aromatic rings. The Morgan fingerprint density at radius 2 is 2.33 bits per heavy atom. The first-order valence-corrected chi connectivity index (χ1v) is 5.81. The number of nitrogens with one attached hydrogen (secondary N) is 1. The zero-order valence-corrected chi connectivity index (χ0v) is 9.90. The molecule has 1 amide bonds. The SMILES string of the molecule is O=C(/C=C/c1cncc(F)c1)NCC1(CO)CC1. The molecule has 0 atom stereocenters. The summed E-state index contributed by atoms with van der Waals surface area (Å²) in [5, 5.41) is 11.8. The zero-order chi connectivity index (χ0) is 13.0. The minimum Gasteiger partial charge on any atom is -0.396 e. The smallest absolute Gasteiger partial charge is 0.244 e. The molecule has 2 N–H and O–H groups in total. The molecule has 1 aliphatic carbocycles. The van der Waals surface area contributed by atoms with Crippen molar-refractivity contribution in [2.24, 2.45) is 5.41 Å². The van der Waals surface area contributed by atoms with Gasteiger partial charge in [0.25, 0.3) is 0 Å². The Morgan fingerprint density at radius 3 is 2.94 bits per heavy atom. The van der Waals surface area contributed by atoms with Crippen molar-refractivity contribution in [3.05, 3.63) is 35.9 Å². The Kier molecular flexibility index (Phi) is 3.72. The highest BCUT2D eigenvalue weighted by Gasteiger charge is 2.41. The number of rotatable bonds is 5. The van der Waals surface area contributed by atoms with Gasteiger partial charge in [-0.15, -0.1) is 0 Å². The number of aliphatic hydroxyl groups is 1. The van der Waals surface area contributed by atoms with E-state index in [0.29, 0.717) is 12.1 Å². The molecular weight excluding hydrogens is 235 g/mol. The van der Waals surface area contributed by atoms with Crippen molar-refractivity contribution in [2.45, 2.75) is 12.8 Å². The van der Waals surface area contributed by atoms with E-state index < -0.39 is 5.82 Å². The van der Waals surface area contributed by atoms with Crippen LogP contribution in [0.25, 0.3) is 6.08 Å². The number of hydrogen-bond acceptors (Lipinski definition) is 3. The zero-order valence-electron chi connectivity index (χ0n) is 9.90. The summed E-state index contributed by atoms with van der Waals surface area (Å²) >= 11 is 0. The van der Waals surface area contributed by atoms with Crippen LogP contribution in [0.4, 0.5) is 4.39 Å². The lowest BCUT2D eigenvalue weighted by molar-refractivity contribution is -0.116. The largest absolute Gasteiger partial charge is 0.396 e. The van der Waals surface area contributed by atoms with Gasteiger partial charge in [-0.3, -0.25) is 9.78 Å². The predicted octanol–water partition coefficient (Wildman–Crippen LogP) is 1.12. The van der Waals surface area contributed by atoms with E-state index in [1.807, 2.05) is 0 Å². The van der Waals surface area contributed by atoms with Crippen LogP contribution in [0.5, 0.6) is 0 Å². The average molecular weight is 250 g/mol. The van der Waals surface area contributed by atoms with Crippen molar-refractivity contribution >= 4 is 12.0 Å². The molecule has 5 heteroatoms. The highest BCUT2D eigenvalue weighted by molar-refractivity contribution is 5.91. The summed E-state index contributed by atoms with van der Waals surface area (Å²) in [5.74, 6) is -0.686. The van der Waals surface area contributed by atoms with Gasteiger partial charge < -0.3 is 10.4 Å². The van der Waals surface area contributed by atoms with E-state index in [2.05, 4.69) is 10.3 Å². The summed E-state index contributed by atoms with van der Waals surface area (Å²) in [4.78, 5) is 15.2. The summed E-state index contributed by atoms with van der Waals surface area (Å²) in [6.07, 6.45) is 7.31. The normalized spacial score (nSPS) is 16.8. The molecule has 2 rings (SSSR count). The lowest BCUT2D eigenvalue weighted by Crippen LogP contribution is -2.30. The van der Waals surface area contributed by atoms with Crippen LogP contribution in [-0.2, 0) is 4.79 Å². The fourth-order valence-corrected chi connectivity index (χ4v) is 1.59. The molecule has 1 aromatic heterocycles. The van der Waals surface area contributed by atoms with Crippen LogP contribution in [0, 0.1) is 11.2 Å². The highest BCUT2D eigenvalue weighted by atomic mass is 19.1. The van der Waals surface area contributed by atoms with E-state index in [1.54, 1.807) is 0 Å². The summed E-state index contributed by atoms with van der Waals surface area (Å²) < 4.78 is 12.8. The van der Waals surface area contributed by atoms with E-state index in [4.69, 9.17) is 5.11 Å². The van der Waals surface area contributed by atoms with Crippen molar-refractivity contribution in [1.82, 2.24) is 10.3 Å². The fourth-order valence-electron chi connectivity index (χ4n) is 1.59. The van der Waals surface area contributed by atoms with E-state index in [1.165, 1.54) is 24.4 Å². The summed E-state index contributed by atoms with van der Waals surface area (Å²) in [6.45, 7) is 0.582. The maximum Gasteiger partial charge on any atom is 0.244 e. The Bertz CT molecular complexity index is 470. The molecule has 1 fully saturated rings. The fraction of sp³-hybridized carbons (Fsp3) is 0.385. The second kappa shape index (κ2) is 5.27. The Labute approximate surface area is 105 Å². The van der Waals surface area contributed by atoms with E-state index >= 15 is 0 Å². The Hall–Kier alpha value is -1.75. The molecule has 0 radical (unpaired) electrons. The van der Waals surface area contributed by atoms with Gasteiger partial charge in [0, 0.05) is 24.2 Å². The first-order valence-electron chi connectivity index (χ1n) is 5.81. The van der Waals surface area contributed by atoms with Crippen LogP contribution in [0.2, 0.25) is 0 Å². The second-order valence-electron chi connectivity index (χ2n) is 4.65. The van der Waals surface area contributed by atoms with Gasteiger partial charge >= 0.3 is 0 Å². The summed E-state index contributed by atoms with van der Waals surface area (Å²) in [6, 6.07) is 1.30. The molecule has 96 valence electrons. The summed E-state index contributed by atoms with van der Waals surface area (Å²) in [5.41, 5.74) is 0.428. The number of amides is 1. The minimum absolute atomic E-state index is 0.102. The van der Waals surface area contributed by atoms with Crippen LogP contribution < -0.4 is 5.32 Å². The van der Waals surface area contributed by atoms with Crippen LogP contribution in [0.1, 0.15) is 18.4 Å². The van der Waals surface area contributed by atoms with E-state index in [9.17, 15) is 9.18 Å². The van der Waals surface area contributed by atoms with Gasteiger partial charge in [-0.05, 0) is 30.5 Å². The molecule has 0 unspecified atom stereocenters.